The van der Waals surface area contributed by atoms with Gasteiger partial charge in [0.2, 0.25) is 0 Å². The van der Waals surface area contributed by atoms with Crippen LogP contribution in [0, 0.1) is 0 Å². The van der Waals surface area contributed by atoms with Gasteiger partial charge in [0.15, 0.2) is 0 Å². The lowest BCUT2D eigenvalue weighted by molar-refractivity contribution is -0.149. The van der Waals surface area contributed by atoms with E-state index in [2.05, 4.69) is 4.18 Å². The zero-order valence-corrected chi connectivity index (χ0v) is 10.3. The second-order valence-corrected chi connectivity index (χ2v) is 4.96. The molecule has 1 atom stereocenters. The topological polar surface area (TPSA) is 69.7 Å². The first kappa shape index (κ1) is 14.7. The van der Waals surface area contributed by atoms with Crippen molar-refractivity contribution in [1.29, 1.82) is 0 Å². The van der Waals surface area contributed by atoms with Gasteiger partial charge in [0, 0.05) is 6.42 Å². The minimum absolute atomic E-state index is 0.00493. The van der Waals surface area contributed by atoms with Gasteiger partial charge in [-0.25, -0.2) is 0 Å². The smallest absolute Gasteiger partial charge is 0.306 e. The largest absolute Gasteiger partial charge is 0.459 e. The SMILES string of the molecule is CCCC(=O)O[C@H](CCl)COS(C)(=O)=O. The lowest BCUT2D eigenvalue weighted by Crippen LogP contribution is -2.26. The highest BCUT2D eigenvalue weighted by Gasteiger charge is 2.15. The van der Waals surface area contributed by atoms with Gasteiger partial charge in [-0.1, -0.05) is 6.92 Å². The van der Waals surface area contributed by atoms with Crippen LogP contribution in [0.1, 0.15) is 19.8 Å². The molecule has 0 aromatic carbocycles. The Kier molecular flexibility index (Phi) is 6.87. The quantitative estimate of drug-likeness (QED) is 0.386. The van der Waals surface area contributed by atoms with Crippen LogP contribution in [0.25, 0.3) is 0 Å². The Morgan fingerprint density at radius 2 is 2.07 bits per heavy atom. The molecule has 0 aromatic rings. The predicted molar refractivity (Wildman–Crippen MR) is 56.3 cm³/mol. The summed E-state index contributed by atoms with van der Waals surface area (Å²) >= 11 is 5.49. The monoisotopic (exact) mass is 258 g/mol. The molecule has 0 radical (unpaired) electrons. The molecule has 0 saturated carbocycles. The molecule has 0 amide bonds. The van der Waals surface area contributed by atoms with Crippen LogP contribution < -0.4 is 0 Å². The average Bonchev–Trinajstić information content (AvgIpc) is 2.11. The number of rotatable bonds is 7. The lowest BCUT2D eigenvalue weighted by atomic mass is 10.3. The fourth-order valence-electron chi connectivity index (χ4n) is 0.758. The lowest BCUT2D eigenvalue weighted by Gasteiger charge is -2.14. The van der Waals surface area contributed by atoms with E-state index in [9.17, 15) is 13.2 Å². The van der Waals surface area contributed by atoms with Crippen molar-refractivity contribution in [1.82, 2.24) is 0 Å². The van der Waals surface area contributed by atoms with Crippen molar-refractivity contribution in [2.75, 3.05) is 18.7 Å². The molecule has 0 bridgehead atoms. The Bertz CT molecular complexity index is 287. The highest BCUT2D eigenvalue weighted by Crippen LogP contribution is 2.02. The van der Waals surface area contributed by atoms with Crippen molar-refractivity contribution in [2.45, 2.75) is 25.9 Å². The van der Waals surface area contributed by atoms with Gasteiger partial charge in [-0.3, -0.25) is 8.98 Å². The van der Waals surface area contributed by atoms with E-state index in [0.29, 0.717) is 6.42 Å². The maximum Gasteiger partial charge on any atom is 0.306 e. The Morgan fingerprint density at radius 3 is 2.47 bits per heavy atom. The normalized spacial score (nSPS) is 13.5. The van der Waals surface area contributed by atoms with Crippen LogP contribution in [0.5, 0.6) is 0 Å². The molecule has 0 unspecified atom stereocenters. The fraction of sp³-hybridized carbons (Fsp3) is 0.875. The first-order valence-corrected chi connectivity index (χ1v) is 6.84. The van der Waals surface area contributed by atoms with E-state index in [1.54, 1.807) is 0 Å². The molecule has 0 aromatic heterocycles. The second-order valence-electron chi connectivity index (χ2n) is 3.00. The standard InChI is InChI=1S/C8H15ClO5S/c1-3-4-8(10)14-7(5-9)6-13-15(2,11)12/h7H,3-6H2,1-2H3/t7-/m1/s1. The number of hydrogen-bond acceptors (Lipinski definition) is 5. The number of halogens is 1. The minimum Gasteiger partial charge on any atom is -0.459 e. The Labute approximate surface area is 94.8 Å². The molecule has 0 saturated heterocycles. The van der Waals surface area contributed by atoms with Gasteiger partial charge >= 0.3 is 5.97 Å². The number of carbonyl (C=O) groups is 1. The molecule has 0 aliphatic rings. The summed E-state index contributed by atoms with van der Waals surface area (Å²) in [7, 11) is -3.53. The molecule has 0 spiro atoms. The number of ether oxygens (including phenoxy) is 1. The second kappa shape index (κ2) is 7.03. The number of alkyl halides is 1. The van der Waals surface area contributed by atoms with Crippen molar-refractivity contribution < 1.29 is 22.1 Å². The van der Waals surface area contributed by atoms with Gasteiger partial charge in [-0.15, -0.1) is 11.6 Å². The Hall–Kier alpha value is -0.330. The molecule has 0 N–H and O–H groups in total. The first-order chi connectivity index (χ1) is 6.89. The number of esters is 1. The minimum atomic E-state index is -3.53. The van der Waals surface area contributed by atoms with Gasteiger partial charge in [0.05, 0.1) is 12.1 Å². The molecule has 0 aliphatic heterocycles. The van der Waals surface area contributed by atoms with Crippen molar-refractivity contribution >= 4 is 27.7 Å². The molecular formula is C8H15ClO5S. The van der Waals surface area contributed by atoms with E-state index in [1.165, 1.54) is 0 Å². The summed E-state index contributed by atoms with van der Waals surface area (Å²) < 4.78 is 30.7. The van der Waals surface area contributed by atoms with Gasteiger partial charge in [0.25, 0.3) is 10.1 Å². The van der Waals surface area contributed by atoms with Gasteiger partial charge < -0.3 is 4.74 Å². The zero-order chi connectivity index (χ0) is 11.9. The fourth-order valence-corrected chi connectivity index (χ4v) is 1.31. The molecular weight excluding hydrogens is 244 g/mol. The zero-order valence-electron chi connectivity index (χ0n) is 8.73. The summed E-state index contributed by atoms with van der Waals surface area (Å²) in [6, 6.07) is 0. The molecule has 5 nitrogen and oxygen atoms in total. The summed E-state index contributed by atoms with van der Waals surface area (Å²) in [5, 5.41) is 0. The van der Waals surface area contributed by atoms with Crippen LogP contribution in [0.4, 0.5) is 0 Å². The molecule has 0 aliphatic carbocycles. The highest BCUT2D eigenvalue weighted by atomic mass is 35.5. The Balaban J connectivity index is 3.98. The maximum atomic E-state index is 11.1. The molecule has 0 fully saturated rings. The van der Waals surface area contributed by atoms with E-state index >= 15 is 0 Å². The van der Waals surface area contributed by atoms with E-state index in [1.807, 2.05) is 6.92 Å². The first-order valence-electron chi connectivity index (χ1n) is 4.49. The van der Waals surface area contributed by atoms with Crippen molar-refractivity contribution in [3.8, 4) is 0 Å². The number of hydrogen-bond donors (Lipinski definition) is 0. The van der Waals surface area contributed by atoms with Gasteiger partial charge in [-0.2, -0.15) is 8.42 Å². The van der Waals surface area contributed by atoms with Crippen LogP contribution in [0.3, 0.4) is 0 Å². The predicted octanol–water partition coefficient (Wildman–Crippen LogP) is 0.913. The van der Waals surface area contributed by atoms with E-state index < -0.39 is 22.2 Å². The maximum absolute atomic E-state index is 11.1. The van der Waals surface area contributed by atoms with Gasteiger partial charge in [0.1, 0.15) is 12.7 Å². The van der Waals surface area contributed by atoms with E-state index in [-0.39, 0.29) is 18.9 Å². The third-order valence-corrected chi connectivity index (χ3v) is 2.30. The van der Waals surface area contributed by atoms with Crippen LogP contribution in [-0.2, 0) is 23.8 Å². The summed E-state index contributed by atoms with van der Waals surface area (Å²) in [5.41, 5.74) is 0. The van der Waals surface area contributed by atoms with Crippen LogP contribution in [-0.4, -0.2) is 39.2 Å². The Morgan fingerprint density at radius 1 is 1.47 bits per heavy atom. The van der Waals surface area contributed by atoms with Crippen LogP contribution >= 0.6 is 11.6 Å². The van der Waals surface area contributed by atoms with Crippen LogP contribution in [0.2, 0.25) is 0 Å². The summed E-state index contributed by atoms with van der Waals surface area (Å²) in [6.07, 6.45) is 1.15. The summed E-state index contributed by atoms with van der Waals surface area (Å²) in [5.74, 6) is -0.398. The van der Waals surface area contributed by atoms with Crippen molar-refractivity contribution in [2.24, 2.45) is 0 Å². The highest BCUT2D eigenvalue weighted by molar-refractivity contribution is 7.85. The molecule has 7 heteroatoms. The van der Waals surface area contributed by atoms with Crippen LogP contribution in [0.15, 0.2) is 0 Å². The third kappa shape index (κ3) is 8.65. The molecule has 0 rings (SSSR count). The molecule has 90 valence electrons. The molecule has 15 heavy (non-hydrogen) atoms. The summed E-state index contributed by atoms with van der Waals surface area (Å²) in [6.45, 7) is 1.60. The van der Waals surface area contributed by atoms with Crippen molar-refractivity contribution in [3.63, 3.8) is 0 Å². The van der Waals surface area contributed by atoms with Gasteiger partial charge in [-0.05, 0) is 6.42 Å². The number of carbonyl (C=O) groups excluding carboxylic acids is 1. The molecule has 0 heterocycles. The average molecular weight is 259 g/mol. The van der Waals surface area contributed by atoms with Crippen molar-refractivity contribution in [3.05, 3.63) is 0 Å². The van der Waals surface area contributed by atoms with E-state index in [0.717, 1.165) is 6.26 Å². The third-order valence-electron chi connectivity index (χ3n) is 1.39. The summed E-state index contributed by atoms with van der Waals surface area (Å²) in [4.78, 5) is 11.1. The van der Waals surface area contributed by atoms with E-state index in [4.69, 9.17) is 16.3 Å².